The summed E-state index contributed by atoms with van der Waals surface area (Å²) in [4.78, 5) is 0. The minimum absolute atomic E-state index is 0.150. The van der Waals surface area contributed by atoms with E-state index in [1.807, 2.05) is 24.3 Å². The summed E-state index contributed by atoms with van der Waals surface area (Å²) in [6.45, 7) is 1.80. The van der Waals surface area contributed by atoms with Gasteiger partial charge in [0.05, 0.1) is 7.11 Å². The second-order valence-electron chi connectivity index (χ2n) is 3.44. The zero-order valence-corrected chi connectivity index (χ0v) is 8.47. The molecule has 0 saturated carbocycles. The highest BCUT2D eigenvalue weighted by atomic mass is 16.5. The minimum Gasteiger partial charge on any atom is -0.497 e. The van der Waals surface area contributed by atoms with Crippen molar-refractivity contribution in [2.24, 2.45) is 0 Å². The molecule has 1 unspecified atom stereocenters. The summed E-state index contributed by atoms with van der Waals surface area (Å²) in [5.41, 5.74) is 1.08. The zero-order valence-electron chi connectivity index (χ0n) is 8.47. The van der Waals surface area contributed by atoms with Crippen molar-refractivity contribution in [1.82, 2.24) is 0 Å². The van der Waals surface area contributed by atoms with Crippen LogP contribution in [0.4, 0.5) is 0 Å². The number of rotatable bonds is 4. The maximum absolute atomic E-state index is 8.91. The molecule has 0 radical (unpaired) electrons. The van der Waals surface area contributed by atoms with E-state index in [4.69, 9.17) is 14.8 Å². The Morgan fingerprint density at radius 2 is 1.86 bits per heavy atom. The van der Waals surface area contributed by atoms with Crippen LogP contribution in [0.3, 0.4) is 0 Å². The third-order valence-corrected chi connectivity index (χ3v) is 2.23. The third kappa shape index (κ3) is 3.05. The summed E-state index contributed by atoms with van der Waals surface area (Å²) >= 11 is 0. The van der Waals surface area contributed by atoms with E-state index in [0.29, 0.717) is 6.42 Å². The summed E-state index contributed by atoms with van der Waals surface area (Å²) in [6, 6.07) is 7.59. The SMILES string of the molecule is COc1ccc(CC(C)B(O)O)cc1. The molecular weight excluding hydrogens is 179 g/mol. The van der Waals surface area contributed by atoms with Gasteiger partial charge in [-0.1, -0.05) is 19.1 Å². The smallest absolute Gasteiger partial charge is 0.454 e. The van der Waals surface area contributed by atoms with Crippen molar-refractivity contribution in [3.05, 3.63) is 29.8 Å². The van der Waals surface area contributed by atoms with Crippen molar-refractivity contribution >= 4 is 7.12 Å². The van der Waals surface area contributed by atoms with Gasteiger partial charge >= 0.3 is 7.12 Å². The number of methoxy groups -OCH3 is 1. The summed E-state index contributed by atoms with van der Waals surface area (Å²) < 4.78 is 5.02. The van der Waals surface area contributed by atoms with Gasteiger partial charge in [0.2, 0.25) is 0 Å². The second-order valence-corrected chi connectivity index (χ2v) is 3.44. The van der Waals surface area contributed by atoms with Gasteiger partial charge in [0.1, 0.15) is 5.75 Å². The molecule has 0 aliphatic heterocycles. The first-order valence-electron chi connectivity index (χ1n) is 4.62. The monoisotopic (exact) mass is 194 g/mol. The lowest BCUT2D eigenvalue weighted by Gasteiger charge is -2.09. The highest BCUT2D eigenvalue weighted by Gasteiger charge is 2.17. The van der Waals surface area contributed by atoms with E-state index in [0.717, 1.165) is 11.3 Å². The van der Waals surface area contributed by atoms with Crippen LogP contribution in [-0.2, 0) is 6.42 Å². The molecule has 0 heterocycles. The Kier molecular flexibility index (Phi) is 3.98. The standard InChI is InChI=1S/C10H15BO3/c1-8(11(12)13)7-9-3-5-10(14-2)6-4-9/h3-6,8,12-13H,7H2,1-2H3. The molecule has 0 amide bonds. The quantitative estimate of drug-likeness (QED) is 0.705. The molecule has 0 spiro atoms. The molecule has 76 valence electrons. The summed E-state index contributed by atoms with van der Waals surface area (Å²) in [5.74, 6) is 0.661. The first-order valence-corrected chi connectivity index (χ1v) is 4.62. The fraction of sp³-hybridized carbons (Fsp3) is 0.400. The van der Waals surface area contributed by atoms with Crippen LogP contribution in [0.25, 0.3) is 0 Å². The predicted molar refractivity (Wildman–Crippen MR) is 56.3 cm³/mol. The van der Waals surface area contributed by atoms with Crippen LogP contribution < -0.4 is 4.74 Å². The van der Waals surface area contributed by atoms with Crippen LogP contribution in [0.2, 0.25) is 5.82 Å². The summed E-state index contributed by atoms with van der Waals surface area (Å²) in [7, 11) is 0.367. The van der Waals surface area contributed by atoms with Crippen molar-refractivity contribution in [2.45, 2.75) is 19.2 Å². The van der Waals surface area contributed by atoms with Crippen molar-refractivity contribution < 1.29 is 14.8 Å². The van der Waals surface area contributed by atoms with Crippen LogP contribution in [0, 0.1) is 0 Å². The Bertz CT molecular complexity index is 271. The molecule has 1 rings (SSSR count). The van der Waals surface area contributed by atoms with E-state index in [1.165, 1.54) is 0 Å². The Morgan fingerprint density at radius 1 is 1.29 bits per heavy atom. The zero-order chi connectivity index (χ0) is 10.6. The minimum atomic E-state index is -1.25. The predicted octanol–water partition coefficient (Wildman–Crippen LogP) is 1.10. The molecule has 3 nitrogen and oxygen atoms in total. The topological polar surface area (TPSA) is 49.7 Å². The van der Waals surface area contributed by atoms with Crippen LogP contribution in [0.15, 0.2) is 24.3 Å². The second kappa shape index (κ2) is 5.03. The highest BCUT2D eigenvalue weighted by Crippen LogP contribution is 2.17. The molecule has 2 N–H and O–H groups in total. The summed E-state index contributed by atoms with van der Waals surface area (Å²) in [6.07, 6.45) is 0.654. The molecule has 0 saturated heterocycles. The number of benzene rings is 1. The first-order chi connectivity index (χ1) is 6.63. The highest BCUT2D eigenvalue weighted by molar-refractivity contribution is 6.43. The third-order valence-electron chi connectivity index (χ3n) is 2.23. The molecule has 1 atom stereocenters. The molecule has 0 aromatic heterocycles. The maximum atomic E-state index is 8.91. The largest absolute Gasteiger partial charge is 0.497 e. The number of hydrogen-bond acceptors (Lipinski definition) is 3. The van der Waals surface area contributed by atoms with Crippen LogP contribution in [0.1, 0.15) is 12.5 Å². The van der Waals surface area contributed by atoms with E-state index >= 15 is 0 Å². The number of hydrogen-bond donors (Lipinski definition) is 2. The molecule has 4 heteroatoms. The van der Waals surface area contributed by atoms with Gasteiger partial charge in [-0.25, -0.2) is 0 Å². The lowest BCUT2D eigenvalue weighted by atomic mass is 9.71. The lowest BCUT2D eigenvalue weighted by Crippen LogP contribution is -2.19. The fourth-order valence-corrected chi connectivity index (χ4v) is 1.24. The van der Waals surface area contributed by atoms with E-state index < -0.39 is 7.12 Å². The number of ether oxygens (including phenoxy) is 1. The Balaban J connectivity index is 2.59. The van der Waals surface area contributed by atoms with Crippen LogP contribution >= 0.6 is 0 Å². The van der Waals surface area contributed by atoms with Crippen molar-refractivity contribution in [2.75, 3.05) is 7.11 Å². The lowest BCUT2D eigenvalue weighted by molar-refractivity contribution is 0.387. The van der Waals surface area contributed by atoms with E-state index in [1.54, 1.807) is 14.0 Å². The summed E-state index contributed by atoms with van der Waals surface area (Å²) in [5, 5.41) is 17.8. The fourth-order valence-electron chi connectivity index (χ4n) is 1.24. The average molecular weight is 194 g/mol. The van der Waals surface area contributed by atoms with Crippen LogP contribution in [-0.4, -0.2) is 24.3 Å². The molecule has 0 aliphatic carbocycles. The maximum Gasteiger partial charge on any atom is 0.454 e. The normalized spacial score (nSPS) is 12.3. The van der Waals surface area contributed by atoms with Gasteiger partial charge in [0.25, 0.3) is 0 Å². The molecular formula is C10H15BO3. The van der Waals surface area contributed by atoms with Crippen molar-refractivity contribution in [3.8, 4) is 5.75 Å². The molecule has 0 bridgehead atoms. The van der Waals surface area contributed by atoms with Gasteiger partial charge in [0.15, 0.2) is 0 Å². The van der Waals surface area contributed by atoms with Crippen molar-refractivity contribution in [3.63, 3.8) is 0 Å². The molecule has 14 heavy (non-hydrogen) atoms. The molecule has 0 aliphatic rings. The Morgan fingerprint density at radius 3 is 2.29 bits per heavy atom. The molecule has 1 aromatic carbocycles. The van der Waals surface area contributed by atoms with Crippen molar-refractivity contribution in [1.29, 1.82) is 0 Å². The average Bonchev–Trinajstić information content (AvgIpc) is 2.19. The van der Waals surface area contributed by atoms with Gasteiger partial charge in [0, 0.05) is 0 Å². The molecule has 0 fully saturated rings. The van der Waals surface area contributed by atoms with Crippen LogP contribution in [0.5, 0.6) is 5.75 Å². The first kappa shape index (κ1) is 11.1. The Labute approximate surface area is 84.5 Å². The molecule has 1 aromatic rings. The van der Waals surface area contributed by atoms with Gasteiger partial charge in [-0.05, 0) is 29.9 Å². The van der Waals surface area contributed by atoms with Gasteiger partial charge in [-0.3, -0.25) is 0 Å². The Hall–Kier alpha value is -0.995. The van der Waals surface area contributed by atoms with Gasteiger partial charge < -0.3 is 14.8 Å². The van der Waals surface area contributed by atoms with E-state index in [-0.39, 0.29) is 5.82 Å². The van der Waals surface area contributed by atoms with Gasteiger partial charge in [-0.15, -0.1) is 0 Å². The van der Waals surface area contributed by atoms with Gasteiger partial charge in [-0.2, -0.15) is 0 Å². The van der Waals surface area contributed by atoms with E-state index in [2.05, 4.69) is 0 Å². The van der Waals surface area contributed by atoms with E-state index in [9.17, 15) is 0 Å².